The maximum Gasteiger partial charge on any atom is 0.343 e. The standard InChI is InChI=1S/C19H14N2O5/c1-11-2-6-13(7-3-11)18(24)26-14-8-4-12(5-9-14)10-15-16(22)20-19(25)21-17(15)23/h2-10H,1H3,(H2,20,21,22,23,25). The monoisotopic (exact) mass is 350 g/mol. The van der Waals surface area contributed by atoms with Crippen molar-refractivity contribution < 1.29 is 23.9 Å². The van der Waals surface area contributed by atoms with Crippen LogP contribution in [0.25, 0.3) is 6.08 Å². The Morgan fingerprint density at radius 3 is 2.04 bits per heavy atom. The molecule has 1 saturated heterocycles. The van der Waals surface area contributed by atoms with E-state index in [0.29, 0.717) is 16.9 Å². The Morgan fingerprint density at radius 1 is 0.885 bits per heavy atom. The van der Waals surface area contributed by atoms with E-state index in [4.69, 9.17) is 4.74 Å². The first kappa shape index (κ1) is 17.1. The number of aryl methyl sites for hydroxylation is 1. The third kappa shape index (κ3) is 3.84. The van der Waals surface area contributed by atoms with Gasteiger partial charge in [0.2, 0.25) is 0 Å². The number of carbonyl (C=O) groups excluding carboxylic acids is 4. The van der Waals surface area contributed by atoms with Gasteiger partial charge in [-0.25, -0.2) is 9.59 Å². The molecule has 2 N–H and O–H groups in total. The average molecular weight is 350 g/mol. The summed E-state index contributed by atoms with van der Waals surface area (Å²) < 4.78 is 5.28. The molecule has 4 amide bonds. The molecule has 0 spiro atoms. The third-order valence-electron chi connectivity index (χ3n) is 3.63. The lowest BCUT2D eigenvalue weighted by atomic mass is 10.1. The van der Waals surface area contributed by atoms with Gasteiger partial charge >= 0.3 is 12.0 Å². The van der Waals surface area contributed by atoms with Crippen molar-refractivity contribution in [3.8, 4) is 5.75 Å². The highest BCUT2D eigenvalue weighted by Crippen LogP contribution is 2.17. The molecule has 1 aliphatic rings. The molecule has 1 aliphatic heterocycles. The number of urea groups is 1. The van der Waals surface area contributed by atoms with Gasteiger partial charge in [0.1, 0.15) is 11.3 Å². The van der Waals surface area contributed by atoms with Gasteiger partial charge in [-0.3, -0.25) is 20.2 Å². The Hall–Kier alpha value is -3.74. The number of hydrogen-bond acceptors (Lipinski definition) is 5. The van der Waals surface area contributed by atoms with E-state index in [1.807, 2.05) is 29.7 Å². The summed E-state index contributed by atoms with van der Waals surface area (Å²) >= 11 is 0. The summed E-state index contributed by atoms with van der Waals surface area (Å²) in [5, 5.41) is 3.98. The van der Waals surface area contributed by atoms with Crippen LogP contribution in [0.1, 0.15) is 21.5 Å². The van der Waals surface area contributed by atoms with E-state index in [1.54, 1.807) is 36.4 Å². The van der Waals surface area contributed by atoms with E-state index in [0.717, 1.165) is 5.56 Å². The molecule has 0 saturated carbocycles. The van der Waals surface area contributed by atoms with E-state index in [2.05, 4.69) is 0 Å². The Kier molecular flexibility index (Phi) is 4.62. The van der Waals surface area contributed by atoms with E-state index < -0.39 is 23.8 Å². The minimum absolute atomic E-state index is 0.186. The summed E-state index contributed by atoms with van der Waals surface area (Å²) in [5.41, 5.74) is 1.82. The van der Waals surface area contributed by atoms with Crippen LogP contribution in [0.3, 0.4) is 0 Å². The molecule has 0 aromatic heterocycles. The molecule has 7 nitrogen and oxygen atoms in total. The summed E-state index contributed by atoms with van der Waals surface area (Å²) in [6.07, 6.45) is 1.34. The molecule has 26 heavy (non-hydrogen) atoms. The van der Waals surface area contributed by atoms with Crippen LogP contribution in [0, 0.1) is 6.92 Å². The Balaban J connectivity index is 1.72. The molecule has 0 bridgehead atoms. The van der Waals surface area contributed by atoms with Crippen molar-refractivity contribution in [2.45, 2.75) is 6.92 Å². The molecule has 2 aromatic carbocycles. The lowest BCUT2D eigenvalue weighted by Gasteiger charge is -2.13. The normalized spacial score (nSPS) is 13.7. The fraction of sp³-hybridized carbons (Fsp3) is 0.0526. The molecular weight excluding hydrogens is 336 g/mol. The second kappa shape index (κ2) is 7.02. The third-order valence-corrected chi connectivity index (χ3v) is 3.63. The summed E-state index contributed by atoms with van der Waals surface area (Å²) in [6, 6.07) is 12.4. The maximum atomic E-state index is 12.1. The first-order valence-corrected chi connectivity index (χ1v) is 7.69. The summed E-state index contributed by atoms with van der Waals surface area (Å²) in [4.78, 5) is 46.5. The van der Waals surface area contributed by atoms with Gasteiger partial charge in [0, 0.05) is 0 Å². The molecule has 1 heterocycles. The molecule has 2 aromatic rings. The number of nitrogens with one attached hydrogen (secondary N) is 2. The number of hydrogen-bond donors (Lipinski definition) is 2. The van der Waals surface area contributed by atoms with E-state index in [1.165, 1.54) is 6.08 Å². The van der Waals surface area contributed by atoms with Crippen LogP contribution in [-0.2, 0) is 9.59 Å². The Bertz CT molecular complexity index is 905. The highest BCUT2D eigenvalue weighted by Gasteiger charge is 2.27. The van der Waals surface area contributed by atoms with Gasteiger partial charge in [-0.05, 0) is 42.8 Å². The lowest BCUT2D eigenvalue weighted by Crippen LogP contribution is -2.51. The quantitative estimate of drug-likeness (QED) is 0.381. The molecule has 0 unspecified atom stereocenters. The van der Waals surface area contributed by atoms with Gasteiger partial charge in [-0.15, -0.1) is 0 Å². The zero-order valence-electron chi connectivity index (χ0n) is 13.7. The van der Waals surface area contributed by atoms with Crippen molar-refractivity contribution in [3.63, 3.8) is 0 Å². The molecule has 0 aliphatic carbocycles. The minimum atomic E-state index is -0.851. The first-order chi connectivity index (χ1) is 12.4. The number of imide groups is 2. The number of barbiturate groups is 1. The van der Waals surface area contributed by atoms with Crippen LogP contribution < -0.4 is 15.4 Å². The largest absolute Gasteiger partial charge is 0.423 e. The zero-order chi connectivity index (χ0) is 18.7. The van der Waals surface area contributed by atoms with Crippen molar-refractivity contribution in [2.24, 2.45) is 0 Å². The number of benzene rings is 2. The van der Waals surface area contributed by atoms with Crippen molar-refractivity contribution in [3.05, 3.63) is 70.8 Å². The topological polar surface area (TPSA) is 102 Å². The van der Waals surface area contributed by atoms with Crippen LogP contribution in [0.4, 0.5) is 4.79 Å². The number of amides is 4. The fourth-order valence-electron chi connectivity index (χ4n) is 2.26. The minimum Gasteiger partial charge on any atom is -0.423 e. The number of esters is 1. The number of ether oxygens (including phenoxy) is 1. The molecule has 130 valence electrons. The molecular formula is C19H14N2O5. The molecule has 7 heteroatoms. The molecule has 0 radical (unpaired) electrons. The predicted octanol–water partition coefficient (Wildman–Crippen LogP) is 1.96. The number of rotatable bonds is 3. The number of carbonyl (C=O) groups is 4. The smallest absolute Gasteiger partial charge is 0.343 e. The highest BCUT2D eigenvalue weighted by molar-refractivity contribution is 6.31. The van der Waals surface area contributed by atoms with Crippen LogP contribution in [-0.4, -0.2) is 23.8 Å². The highest BCUT2D eigenvalue weighted by atomic mass is 16.5. The van der Waals surface area contributed by atoms with Crippen molar-refractivity contribution in [1.29, 1.82) is 0 Å². The summed E-state index contributed by atoms with van der Waals surface area (Å²) in [7, 11) is 0. The van der Waals surface area contributed by atoms with Crippen LogP contribution >= 0.6 is 0 Å². The first-order valence-electron chi connectivity index (χ1n) is 7.69. The summed E-state index contributed by atoms with van der Waals surface area (Å²) in [6.45, 7) is 1.92. The maximum absolute atomic E-state index is 12.1. The van der Waals surface area contributed by atoms with Gasteiger partial charge in [-0.2, -0.15) is 0 Å². The Morgan fingerprint density at radius 2 is 1.46 bits per heavy atom. The van der Waals surface area contributed by atoms with Crippen molar-refractivity contribution >= 4 is 29.9 Å². The van der Waals surface area contributed by atoms with E-state index >= 15 is 0 Å². The van der Waals surface area contributed by atoms with E-state index in [-0.39, 0.29) is 5.57 Å². The second-order valence-corrected chi connectivity index (χ2v) is 5.62. The summed E-state index contributed by atoms with van der Waals surface area (Å²) in [5.74, 6) is -1.70. The molecule has 0 atom stereocenters. The SMILES string of the molecule is Cc1ccc(C(=O)Oc2ccc(C=C3C(=O)NC(=O)NC3=O)cc2)cc1. The second-order valence-electron chi connectivity index (χ2n) is 5.62. The van der Waals surface area contributed by atoms with Crippen molar-refractivity contribution in [2.75, 3.05) is 0 Å². The van der Waals surface area contributed by atoms with Crippen molar-refractivity contribution in [1.82, 2.24) is 10.6 Å². The lowest BCUT2D eigenvalue weighted by molar-refractivity contribution is -0.123. The predicted molar refractivity (Wildman–Crippen MR) is 92.2 cm³/mol. The van der Waals surface area contributed by atoms with Crippen LogP contribution in [0.5, 0.6) is 5.75 Å². The van der Waals surface area contributed by atoms with Gasteiger partial charge in [0.25, 0.3) is 11.8 Å². The average Bonchev–Trinajstić information content (AvgIpc) is 2.60. The Labute approximate surface area is 148 Å². The molecule has 3 rings (SSSR count). The van der Waals surface area contributed by atoms with E-state index in [9.17, 15) is 19.2 Å². The van der Waals surface area contributed by atoms with Crippen LogP contribution in [0.2, 0.25) is 0 Å². The van der Waals surface area contributed by atoms with Gasteiger partial charge in [-0.1, -0.05) is 29.8 Å². The molecule has 1 fully saturated rings. The fourth-order valence-corrected chi connectivity index (χ4v) is 2.26. The van der Waals surface area contributed by atoms with Gasteiger partial charge in [0.15, 0.2) is 0 Å². The van der Waals surface area contributed by atoms with Crippen LogP contribution in [0.15, 0.2) is 54.1 Å². The van der Waals surface area contributed by atoms with Gasteiger partial charge in [0.05, 0.1) is 5.56 Å². The zero-order valence-corrected chi connectivity index (χ0v) is 13.7. The van der Waals surface area contributed by atoms with Gasteiger partial charge < -0.3 is 4.74 Å².